The zero-order valence-electron chi connectivity index (χ0n) is 7.56. The van der Waals surface area contributed by atoms with Crippen LogP contribution in [-0.4, -0.2) is 8.76 Å². The third kappa shape index (κ3) is 3.26. The highest BCUT2D eigenvalue weighted by atomic mass is 32.2. The maximum absolute atomic E-state index is 10.3. The first-order chi connectivity index (χ1) is 6.09. The van der Waals surface area contributed by atoms with E-state index in [1.807, 2.05) is 31.2 Å². The van der Waals surface area contributed by atoms with Crippen molar-refractivity contribution in [3.8, 4) is 0 Å². The van der Waals surface area contributed by atoms with E-state index < -0.39 is 11.4 Å². The minimum Gasteiger partial charge on any atom is -0.284 e. The van der Waals surface area contributed by atoms with Crippen LogP contribution in [0.3, 0.4) is 0 Å². The van der Waals surface area contributed by atoms with Gasteiger partial charge in [-0.3, -0.25) is 8.74 Å². The predicted octanol–water partition coefficient (Wildman–Crippen LogP) is 2.21. The fourth-order valence-electron chi connectivity index (χ4n) is 1.02. The molecular weight excluding hydrogens is 188 g/mol. The van der Waals surface area contributed by atoms with Gasteiger partial charge in [0.15, 0.2) is 0 Å². The van der Waals surface area contributed by atoms with Gasteiger partial charge in [0.25, 0.3) is 0 Å². The van der Waals surface area contributed by atoms with Gasteiger partial charge in [-0.1, -0.05) is 29.8 Å². The summed E-state index contributed by atoms with van der Waals surface area (Å²) >= 11 is -2.20. The molecule has 1 aromatic carbocycles. The van der Waals surface area contributed by atoms with Gasteiger partial charge in [-0.2, -0.15) is 4.21 Å². The van der Waals surface area contributed by atoms with Crippen LogP contribution < -0.4 is 0 Å². The molecule has 1 N–H and O–H groups in total. The first-order valence-corrected chi connectivity index (χ1v) is 4.97. The Kier molecular flexibility index (Phi) is 3.59. The summed E-state index contributed by atoms with van der Waals surface area (Å²) in [5, 5.41) is 0. The average Bonchev–Trinajstić information content (AvgIpc) is 2.04. The monoisotopic (exact) mass is 200 g/mol. The predicted molar refractivity (Wildman–Crippen MR) is 51.5 cm³/mol. The van der Waals surface area contributed by atoms with Crippen LogP contribution in [0.1, 0.15) is 24.2 Å². The topological polar surface area (TPSA) is 46.5 Å². The third-order valence-electron chi connectivity index (χ3n) is 1.77. The second-order valence-corrected chi connectivity index (χ2v) is 3.49. The lowest BCUT2D eigenvalue weighted by Crippen LogP contribution is -2.01. The molecule has 0 aliphatic carbocycles. The zero-order chi connectivity index (χ0) is 9.84. The minimum atomic E-state index is -2.20. The van der Waals surface area contributed by atoms with Crippen LogP contribution in [0, 0.1) is 6.92 Å². The quantitative estimate of drug-likeness (QED) is 0.761. The summed E-state index contributed by atoms with van der Waals surface area (Å²) in [6.45, 7) is 3.72. The van der Waals surface area contributed by atoms with E-state index in [0.29, 0.717) is 0 Å². The average molecular weight is 200 g/mol. The van der Waals surface area contributed by atoms with Crippen molar-refractivity contribution < 1.29 is 12.9 Å². The van der Waals surface area contributed by atoms with E-state index in [-0.39, 0.29) is 6.10 Å². The van der Waals surface area contributed by atoms with Gasteiger partial charge >= 0.3 is 11.4 Å². The minimum absolute atomic E-state index is 0.355. The standard InChI is InChI=1S/C9H12O3S/c1-7-3-5-9(6-4-7)8(2)12-13(10)11/h3-6,8H,1-2H3,(H,10,11). The summed E-state index contributed by atoms with van der Waals surface area (Å²) in [7, 11) is 0. The lowest BCUT2D eigenvalue weighted by atomic mass is 10.1. The van der Waals surface area contributed by atoms with E-state index in [2.05, 4.69) is 0 Å². The molecule has 0 saturated carbocycles. The summed E-state index contributed by atoms with van der Waals surface area (Å²) < 4.78 is 23.5. The Bertz CT molecular complexity index is 294. The molecule has 0 aromatic heterocycles. The van der Waals surface area contributed by atoms with Crippen molar-refractivity contribution in [2.45, 2.75) is 20.0 Å². The zero-order valence-corrected chi connectivity index (χ0v) is 8.38. The fraction of sp³-hybridized carbons (Fsp3) is 0.333. The van der Waals surface area contributed by atoms with Crippen LogP contribution in [0.5, 0.6) is 0 Å². The van der Waals surface area contributed by atoms with Crippen molar-refractivity contribution in [2.24, 2.45) is 0 Å². The van der Waals surface area contributed by atoms with Gasteiger partial charge in [0.2, 0.25) is 0 Å². The van der Waals surface area contributed by atoms with Crippen molar-refractivity contribution >= 4 is 11.4 Å². The van der Waals surface area contributed by atoms with Gasteiger partial charge in [0.05, 0.1) is 6.10 Å². The number of benzene rings is 1. The summed E-state index contributed by atoms with van der Waals surface area (Å²) in [5.41, 5.74) is 2.05. The Morgan fingerprint density at radius 3 is 2.38 bits per heavy atom. The van der Waals surface area contributed by atoms with Crippen LogP contribution >= 0.6 is 0 Å². The first-order valence-electron chi connectivity index (χ1n) is 3.94. The molecule has 0 spiro atoms. The molecule has 0 fully saturated rings. The SMILES string of the molecule is Cc1ccc(C(C)OS(=O)O)cc1. The molecule has 72 valence electrons. The van der Waals surface area contributed by atoms with Crippen LogP contribution in [0.4, 0.5) is 0 Å². The Morgan fingerprint density at radius 1 is 1.38 bits per heavy atom. The molecule has 0 bridgehead atoms. The highest BCUT2D eigenvalue weighted by Crippen LogP contribution is 2.17. The third-order valence-corrected chi connectivity index (χ3v) is 2.23. The second-order valence-electron chi connectivity index (χ2n) is 2.87. The maximum atomic E-state index is 10.3. The summed E-state index contributed by atoms with van der Waals surface area (Å²) in [6, 6.07) is 7.64. The fourth-order valence-corrected chi connectivity index (χ4v) is 1.37. The van der Waals surface area contributed by atoms with Gasteiger partial charge in [0.1, 0.15) is 0 Å². The molecule has 0 radical (unpaired) electrons. The van der Waals surface area contributed by atoms with Gasteiger partial charge in [0, 0.05) is 0 Å². The Balaban J connectivity index is 2.71. The largest absolute Gasteiger partial charge is 0.302 e. The number of rotatable bonds is 3. The van der Waals surface area contributed by atoms with Gasteiger partial charge in [-0.25, -0.2) is 0 Å². The molecule has 4 heteroatoms. The van der Waals surface area contributed by atoms with Crippen molar-refractivity contribution in [3.63, 3.8) is 0 Å². The molecule has 0 amide bonds. The number of hydrogen-bond donors (Lipinski definition) is 1. The Morgan fingerprint density at radius 2 is 1.92 bits per heavy atom. The smallest absolute Gasteiger partial charge is 0.284 e. The van der Waals surface area contributed by atoms with Gasteiger partial charge in [-0.15, -0.1) is 0 Å². The lowest BCUT2D eigenvalue weighted by Gasteiger charge is -2.09. The highest BCUT2D eigenvalue weighted by molar-refractivity contribution is 7.74. The van der Waals surface area contributed by atoms with Gasteiger partial charge < -0.3 is 0 Å². The van der Waals surface area contributed by atoms with E-state index in [0.717, 1.165) is 11.1 Å². The summed E-state index contributed by atoms with van der Waals surface area (Å²) in [5.74, 6) is 0. The Labute approximate surface area is 80.2 Å². The molecule has 2 unspecified atom stereocenters. The maximum Gasteiger partial charge on any atom is 0.302 e. The number of hydrogen-bond acceptors (Lipinski definition) is 2. The van der Waals surface area contributed by atoms with Gasteiger partial charge in [-0.05, 0) is 19.4 Å². The Hall–Kier alpha value is -0.710. The second kappa shape index (κ2) is 4.50. The summed E-state index contributed by atoms with van der Waals surface area (Å²) in [6.07, 6.45) is -0.355. The van der Waals surface area contributed by atoms with E-state index >= 15 is 0 Å². The van der Waals surface area contributed by atoms with Crippen LogP contribution in [0.25, 0.3) is 0 Å². The highest BCUT2D eigenvalue weighted by Gasteiger charge is 2.07. The lowest BCUT2D eigenvalue weighted by molar-refractivity contribution is 0.227. The van der Waals surface area contributed by atoms with Crippen LogP contribution in [-0.2, 0) is 15.5 Å². The van der Waals surface area contributed by atoms with E-state index in [4.69, 9.17) is 8.74 Å². The van der Waals surface area contributed by atoms with Crippen molar-refractivity contribution in [1.29, 1.82) is 0 Å². The molecular formula is C9H12O3S. The molecule has 0 heterocycles. The molecule has 1 aromatic rings. The van der Waals surface area contributed by atoms with E-state index in [1.165, 1.54) is 0 Å². The van der Waals surface area contributed by atoms with E-state index in [9.17, 15) is 4.21 Å². The van der Waals surface area contributed by atoms with Crippen molar-refractivity contribution in [3.05, 3.63) is 35.4 Å². The summed E-state index contributed by atoms with van der Waals surface area (Å²) in [4.78, 5) is 0. The van der Waals surface area contributed by atoms with Crippen LogP contribution in [0.15, 0.2) is 24.3 Å². The van der Waals surface area contributed by atoms with Crippen LogP contribution in [0.2, 0.25) is 0 Å². The molecule has 1 rings (SSSR count). The molecule has 0 aliphatic heterocycles. The van der Waals surface area contributed by atoms with E-state index in [1.54, 1.807) is 6.92 Å². The number of aryl methyl sites for hydroxylation is 1. The van der Waals surface area contributed by atoms with Crippen molar-refractivity contribution in [2.75, 3.05) is 0 Å². The normalized spacial score (nSPS) is 15.3. The molecule has 3 nitrogen and oxygen atoms in total. The first kappa shape index (κ1) is 10.4. The molecule has 0 saturated heterocycles. The molecule has 2 atom stereocenters. The molecule has 13 heavy (non-hydrogen) atoms. The van der Waals surface area contributed by atoms with Crippen molar-refractivity contribution in [1.82, 2.24) is 0 Å². The molecule has 0 aliphatic rings.